The van der Waals surface area contributed by atoms with Crippen molar-refractivity contribution >= 4 is 59.1 Å². The van der Waals surface area contributed by atoms with Gasteiger partial charge in [0.2, 0.25) is 5.91 Å². The van der Waals surface area contributed by atoms with Crippen molar-refractivity contribution in [1.82, 2.24) is 4.31 Å². The number of rotatable bonds is 5. The van der Waals surface area contributed by atoms with Gasteiger partial charge in [0, 0.05) is 36.1 Å². The first-order valence-electron chi connectivity index (χ1n) is 12.9. The van der Waals surface area contributed by atoms with E-state index in [1.54, 1.807) is 0 Å². The van der Waals surface area contributed by atoms with Gasteiger partial charge in [-0.1, -0.05) is 41.4 Å². The molecule has 0 aliphatic carbocycles. The lowest BCUT2D eigenvalue weighted by Gasteiger charge is -2.31. The molecule has 198 valence electrons. The van der Waals surface area contributed by atoms with Crippen molar-refractivity contribution in [2.45, 2.75) is 45.7 Å². The first kappa shape index (κ1) is 28.0. The summed E-state index contributed by atoms with van der Waals surface area (Å²) in [6.07, 6.45) is 5.14. The Kier molecular flexibility index (Phi) is 9.94. The number of carbonyl (C=O) groups excluding carboxylic acids is 1. The summed E-state index contributed by atoms with van der Waals surface area (Å²) in [6, 6.07) is 14.5. The molecule has 2 aromatic carbocycles. The van der Waals surface area contributed by atoms with Gasteiger partial charge < -0.3 is 16.0 Å². The van der Waals surface area contributed by atoms with E-state index >= 15 is 0 Å². The first-order valence-corrected chi connectivity index (χ1v) is 16.9. The lowest BCUT2D eigenvalue weighted by Crippen LogP contribution is -2.34. The van der Waals surface area contributed by atoms with E-state index in [0.717, 1.165) is 61.4 Å². The molecule has 9 heteroatoms. The highest BCUT2D eigenvalue weighted by molar-refractivity contribution is 8.54. The van der Waals surface area contributed by atoms with Gasteiger partial charge in [0.1, 0.15) is 12.0 Å². The van der Waals surface area contributed by atoms with Crippen LogP contribution in [-0.4, -0.2) is 48.6 Å². The van der Waals surface area contributed by atoms with Gasteiger partial charge in [-0.05, 0) is 101 Å². The van der Waals surface area contributed by atoms with Gasteiger partial charge in [0.15, 0.2) is 0 Å². The standard InChI is InChI=1S/C28H37ClN5OPS/c1-5-25(29)27-31-19(2)30-23-8-6-7-20(17-23)9-10-22-18-24(32-27)11-12-26(22)33-28(35)21-13-15-34(16-14-21)37-36(3)4/h5-8,11-12,17-19,21,30H,9-10,13-16H2,1-4H3,(H,31,32)(H,33,35)/b25-5+. The Morgan fingerprint density at radius 1 is 1.16 bits per heavy atom. The Morgan fingerprint density at radius 3 is 2.68 bits per heavy atom. The topological polar surface area (TPSA) is 68.8 Å². The fourth-order valence-electron chi connectivity index (χ4n) is 4.66. The zero-order valence-electron chi connectivity index (χ0n) is 22.1. The summed E-state index contributed by atoms with van der Waals surface area (Å²) in [7, 11) is -0.0259. The number of nitrogens with one attached hydrogen (secondary N) is 3. The molecule has 6 nitrogen and oxygen atoms in total. The van der Waals surface area contributed by atoms with Gasteiger partial charge in [-0.3, -0.25) is 4.79 Å². The molecule has 2 heterocycles. The average Bonchev–Trinajstić information content (AvgIpc) is 2.88. The summed E-state index contributed by atoms with van der Waals surface area (Å²) in [4.78, 5) is 18.0. The van der Waals surface area contributed by atoms with Crippen LogP contribution in [0.4, 0.5) is 17.1 Å². The largest absolute Gasteiger partial charge is 0.364 e. The van der Waals surface area contributed by atoms with Crippen molar-refractivity contribution in [2.24, 2.45) is 10.9 Å². The van der Waals surface area contributed by atoms with Crippen molar-refractivity contribution in [3.05, 3.63) is 64.7 Å². The molecule has 1 fully saturated rings. The van der Waals surface area contributed by atoms with Crippen molar-refractivity contribution in [1.29, 1.82) is 0 Å². The number of carbonyl (C=O) groups is 1. The van der Waals surface area contributed by atoms with Crippen LogP contribution in [0.2, 0.25) is 0 Å². The summed E-state index contributed by atoms with van der Waals surface area (Å²) < 4.78 is 2.42. The Morgan fingerprint density at radius 2 is 1.95 bits per heavy atom. The van der Waals surface area contributed by atoms with Crippen LogP contribution in [0.25, 0.3) is 0 Å². The quantitative estimate of drug-likeness (QED) is 0.269. The van der Waals surface area contributed by atoms with Crippen molar-refractivity contribution in [3.8, 4) is 0 Å². The number of aryl methyl sites for hydroxylation is 2. The molecule has 0 saturated carbocycles. The number of hydrogen-bond donors (Lipinski definition) is 3. The minimum atomic E-state index is -0.170. The van der Waals surface area contributed by atoms with Crippen LogP contribution in [0, 0.1) is 5.92 Å². The molecule has 2 aliphatic rings. The SMILES string of the molecule is C/C=C(Cl)\C1=N/C(C)Nc2cccc(c2)CCc2cc(ccc2NC(=O)C2CCN(SP(C)C)CC2)N1. The van der Waals surface area contributed by atoms with Crippen LogP contribution in [-0.2, 0) is 17.6 Å². The summed E-state index contributed by atoms with van der Waals surface area (Å²) in [5.74, 6) is 0.779. The Bertz CT molecular complexity index is 1160. The average molecular weight is 558 g/mol. The van der Waals surface area contributed by atoms with Crippen LogP contribution < -0.4 is 16.0 Å². The number of nitrogens with zero attached hydrogens (tertiary/aromatic N) is 2. The van der Waals surface area contributed by atoms with Crippen molar-refractivity contribution in [3.63, 3.8) is 0 Å². The molecule has 0 aromatic heterocycles. The van der Waals surface area contributed by atoms with E-state index in [2.05, 4.69) is 63.9 Å². The van der Waals surface area contributed by atoms with Gasteiger partial charge in [0.25, 0.3) is 0 Å². The van der Waals surface area contributed by atoms with E-state index in [1.807, 2.05) is 43.6 Å². The number of benzene rings is 2. The van der Waals surface area contributed by atoms with Gasteiger partial charge in [-0.25, -0.2) is 9.30 Å². The van der Waals surface area contributed by atoms with Gasteiger partial charge >= 0.3 is 0 Å². The zero-order valence-corrected chi connectivity index (χ0v) is 24.5. The van der Waals surface area contributed by atoms with E-state index in [1.165, 1.54) is 5.56 Å². The molecule has 2 aromatic rings. The summed E-state index contributed by atoms with van der Waals surface area (Å²) in [6.45, 7) is 10.4. The zero-order chi connectivity index (χ0) is 26.4. The van der Waals surface area contributed by atoms with E-state index in [4.69, 9.17) is 16.6 Å². The number of halogens is 1. The third-order valence-electron chi connectivity index (χ3n) is 6.52. The van der Waals surface area contributed by atoms with Crippen LogP contribution in [0.3, 0.4) is 0 Å². The van der Waals surface area contributed by atoms with Crippen LogP contribution in [0.1, 0.15) is 37.8 Å². The number of hydrogen-bond acceptors (Lipinski definition) is 6. The van der Waals surface area contributed by atoms with Gasteiger partial charge in [0.05, 0.1) is 5.03 Å². The fraction of sp³-hybridized carbons (Fsp3) is 0.429. The second kappa shape index (κ2) is 13.1. The van der Waals surface area contributed by atoms with Gasteiger partial charge in [-0.15, -0.1) is 0 Å². The van der Waals surface area contributed by atoms with E-state index in [-0.39, 0.29) is 25.1 Å². The molecular formula is C28H37ClN5OPS. The summed E-state index contributed by atoms with van der Waals surface area (Å²) >= 11 is 8.46. The molecule has 1 unspecified atom stereocenters. The van der Waals surface area contributed by atoms with E-state index in [9.17, 15) is 4.79 Å². The molecular weight excluding hydrogens is 521 g/mol. The molecule has 2 aliphatic heterocycles. The number of allylic oxidation sites excluding steroid dienone is 1. The molecule has 0 radical (unpaired) electrons. The highest BCUT2D eigenvalue weighted by Crippen LogP contribution is 2.45. The molecule has 1 amide bonds. The van der Waals surface area contributed by atoms with Crippen molar-refractivity contribution in [2.75, 3.05) is 42.4 Å². The maximum Gasteiger partial charge on any atom is 0.227 e. The Hall–Kier alpha value is -2.05. The van der Waals surface area contributed by atoms with Crippen molar-refractivity contribution < 1.29 is 4.79 Å². The minimum Gasteiger partial charge on any atom is -0.364 e. The lowest BCUT2D eigenvalue weighted by molar-refractivity contribution is -0.120. The molecule has 4 bridgehead atoms. The maximum atomic E-state index is 13.2. The molecule has 37 heavy (non-hydrogen) atoms. The molecule has 1 saturated heterocycles. The van der Waals surface area contributed by atoms with Crippen LogP contribution in [0.5, 0.6) is 0 Å². The second-order valence-electron chi connectivity index (χ2n) is 9.72. The summed E-state index contributed by atoms with van der Waals surface area (Å²) in [5, 5.41) is 10.7. The van der Waals surface area contributed by atoms with E-state index < -0.39 is 0 Å². The number of amides is 1. The number of anilines is 3. The van der Waals surface area contributed by atoms with Crippen LogP contribution >= 0.6 is 30.3 Å². The lowest BCUT2D eigenvalue weighted by atomic mass is 9.96. The monoisotopic (exact) mass is 557 g/mol. The predicted molar refractivity (Wildman–Crippen MR) is 163 cm³/mol. The second-order valence-corrected chi connectivity index (χ2v) is 15.1. The summed E-state index contributed by atoms with van der Waals surface area (Å²) in [5.41, 5.74) is 5.12. The number of amidine groups is 1. The minimum absolute atomic E-state index is 0.0259. The number of aliphatic imine (C=N–C) groups is 1. The Balaban J connectivity index is 1.57. The molecule has 0 spiro atoms. The molecule has 1 atom stereocenters. The normalized spacial score (nSPS) is 21.0. The third kappa shape index (κ3) is 7.97. The smallest absolute Gasteiger partial charge is 0.227 e. The number of fused-ring (bicyclic) bond motifs is 4. The first-order chi connectivity index (χ1) is 17.8. The number of piperidine rings is 1. The van der Waals surface area contributed by atoms with Crippen LogP contribution in [0.15, 0.2) is 58.6 Å². The van der Waals surface area contributed by atoms with Gasteiger partial charge in [-0.2, -0.15) is 0 Å². The Labute approximate surface area is 231 Å². The third-order valence-corrected chi connectivity index (χ3v) is 9.51. The maximum absolute atomic E-state index is 13.2. The highest BCUT2D eigenvalue weighted by Gasteiger charge is 2.26. The highest BCUT2D eigenvalue weighted by atomic mass is 35.5. The molecule has 4 rings (SSSR count). The fourth-order valence-corrected chi connectivity index (χ4v) is 7.46. The molecule has 3 N–H and O–H groups in total. The predicted octanol–water partition coefficient (Wildman–Crippen LogP) is 7.15. The van der Waals surface area contributed by atoms with E-state index in [0.29, 0.717) is 10.9 Å².